The molecular formula is C27H26ClN3O2. The Kier molecular flexibility index (Phi) is 6.31. The van der Waals surface area contributed by atoms with E-state index in [1.165, 1.54) is 0 Å². The average Bonchev–Trinajstić information content (AvgIpc) is 3.40. The summed E-state index contributed by atoms with van der Waals surface area (Å²) >= 11 is 6.37. The third-order valence-electron chi connectivity index (χ3n) is 6.11. The number of halogens is 1. The van der Waals surface area contributed by atoms with Gasteiger partial charge in [-0.05, 0) is 49.2 Å². The molecule has 4 aromatic rings. The molecule has 0 unspecified atom stereocenters. The summed E-state index contributed by atoms with van der Waals surface area (Å²) in [6, 6.07) is 25.6. The first-order valence-corrected chi connectivity index (χ1v) is 11.8. The second-order valence-corrected chi connectivity index (χ2v) is 8.74. The van der Waals surface area contributed by atoms with Gasteiger partial charge in [0.1, 0.15) is 11.6 Å². The first-order chi connectivity index (χ1) is 16.2. The third kappa shape index (κ3) is 4.60. The molecule has 5 rings (SSSR count). The lowest BCUT2D eigenvalue weighted by Crippen LogP contribution is -2.24. The predicted octanol–water partition coefficient (Wildman–Crippen LogP) is 6.07. The molecule has 1 fully saturated rings. The minimum atomic E-state index is 0.0294. The molecule has 0 N–H and O–H groups in total. The number of imidazole rings is 1. The zero-order valence-electron chi connectivity index (χ0n) is 18.4. The van der Waals surface area contributed by atoms with Crippen molar-refractivity contribution in [1.82, 2.24) is 9.55 Å². The molecule has 3 aromatic carbocycles. The number of rotatable bonds is 8. The maximum atomic E-state index is 12.9. The van der Waals surface area contributed by atoms with Gasteiger partial charge in [0.05, 0.1) is 28.4 Å². The maximum Gasteiger partial charge on any atom is 0.227 e. The molecule has 0 spiro atoms. The van der Waals surface area contributed by atoms with Gasteiger partial charge in [-0.15, -0.1) is 0 Å². The number of aromatic nitrogens is 2. The second kappa shape index (κ2) is 9.67. The highest BCUT2D eigenvalue weighted by Gasteiger charge is 2.35. The number of fused-ring (bicyclic) bond motifs is 1. The summed E-state index contributed by atoms with van der Waals surface area (Å²) in [6.45, 7) is 2.10. The fraction of sp³-hybridized carbons (Fsp3) is 0.259. The van der Waals surface area contributed by atoms with Crippen molar-refractivity contribution >= 4 is 34.2 Å². The smallest absolute Gasteiger partial charge is 0.227 e. The van der Waals surface area contributed by atoms with E-state index in [0.29, 0.717) is 24.6 Å². The molecule has 168 valence electrons. The number of aryl methyl sites for hydroxylation is 1. The van der Waals surface area contributed by atoms with E-state index >= 15 is 0 Å². The zero-order chi connectivity index (χ0) is 22.6. The van der Waals surface area contributed by atoms with Crippen LogP contribution in [0.5, 0.6) is 5.75 Å². The number of amides is 1. The Bertz CT molecular complexity index is 1250. The van der Waals surface area contributed by atoms with Crippen LogP contribution < -0.4 is 9.64 Å². The molecule has 1 amide bonds. The highest BCUT2D eigenvalue weighted by molar-refractivity contribution is 6.33. The Morgan fingerprint density at radius 2 is 1.70 bits per heavy atom. The molecule has 6 heteroatoms. The van der Waals surface area contributed by atoms with Gasteiger partial charge in [-0.3, -0.25) is 4.79 Å². The lowest BCUT2D eigenvalue weighted by atomic mass is 10.1. The highest BCUT2D eigenvalue weighted by atomic mass is 35.5. The maximum absolute atomic E-state index is 12.9. The molecule has 0 bridgehead atoms. The van der Waals surface area contributed by atoms with E-state index in [1.54, 1.807) is 4.90 Å². The van der Waals surface area contributed by atoms with Crippen LogP contribution in [0.2, 0.25) is 5.02 Å². The van der Waals surface area contributed by atoms with E-state index in [2.05, 4.69) is 10.6 Å². The number of hydrogen-bond donors (Lipinski definition) is 0. The van der Waals surface area contributed by atoms with E-state index in [4.69, 9.17) is 21.3 Å². The number of hydrogen-bond acceptors (Lipinski definition) is 3. The summed E-state index contributed by atoms with van der Waals surface area (Å²) in [6.07, 6.45) is 2.34. The molecule has 1 atom stereocenters. The Balaban J connectivity index is 1.32. The van der Waals surface area contributed by atoms with Crippen LogP contribution in [0.1, 0.15) is 31.0 Å². The number of benzene rings is 3. The first kappa shape index (κ1) is 21.5. The summed E-state index contributed by atoms with van der Waals surface area (Å²) in [4.78, 5) is 19.6. The van der Waals surface area contributed by atoms with E-state index in [9.17, 15) is 4.79 Å². The van der Waals surface area contributed by atoms with Crippen molar-refractivity contribution in [3.63, 3.8) is 0 Å². The monoisotopic (exact) mass is 459 g/mol. The topological polar surface area (TPSA) is 47.4 Å². The van der Waals surface area contributed by atoms with Crippen molar-refractivity contribution in [2.45, 2.75) is 31.7 Å². The van der Waals surface area contributed by atoms with Gasteiger partial charge in [0.25, 0.3) is 0 Å². The number of ether oxygens (including phenoxy) is 1. The van der Waals surface area contributed by atoms with Crippen LogP contribution in [0.3, 0.4) is 0 Å². The number of nitrogens with zero attached hydrogens (tertiary/aromatic N) is 3. The summed E-state index contributed by atoms with van der Waals surface area (Å²) in [7, 11) is 0. The fourth-order valence-electron chi connectivity index (χ4n) is 4.50. The van der Waals surface area contributed by atoms with Crippen LogP contribution in [0, 0.1) is 0 Å². The fourth-order valence-corrected chi connectivity index (χ4v) is 4.74. The van der Waals surface area contributed by atoms with E-state index in [-0.39, 0.29) is 11.8 Å². The molecule has 1 aliphatic rings. The van der Waals surface area contributed by atoms with Gasteiger partial charge < -0.3 is 14.2 Å². The van der Waals surface area contributed by atoms with Gasteiger partial charge >= 0.3 is 0 Å². The molecule has 0 radical (unpaired) electrons. The minimum absolute atomic E-state index is 0.0294. The van der Waals surface area contributed by atoms with Crippen LogP contribution in [-0.4, -0.2) is 28.6 Å². The van der Waals surface area contributed by atoms with Gasteiger partial charge in [0.2, 0.25) is 5.91 Å². The largest absolute Gasteiger partial charge is 0.494 e. The Morgan fingerprint density at radius 1 is 0.939 bits per heavy atom. The van der Waals surface area contributed by atoms with E-state index in [0.717, 1.165) is 47.7 Å². The predicted molar refractivity (Wildman–Crippen MR) is 132 cm³/mol. The summed E-state index contributed by atoms with van der Waals surface area (Å²) in [5, 5.41) is 0.596. The molecule has 0 saturated carbocycles. The van der Waals surface area contributed by atoms with Gasteiger partial charge in [-0.1, -0.05) is 54.1 Å². The summed E-state index contributed by atoms with van der Waals surface area (Å²) in [5.41, 5.74) is 2.85. The SMILES string of the molecule is O=C1C[C@@H](c2nc3ccccc3n2CCCCOc2ccccc2)CN1c1ccccc1Cl. The van der Waals surface area contributed by atoms with Crippen molar-refractivity contribution in [3.05, 3.63) is 89.7 Å². The van der Waals surface area contributed by atoms with Gasteiger partial charge in [0, 0.05) is 25.4 Å². The second-order valence-electron chi connectivity index (χ2n) is 8.34. The Hall–Kier alpha value is -3.31. The van der Waals surface area contributed by atoms with Crippen LogP contribution in [0.25, 0.3) is 11.0 Å². The van der Waals surface area contributed by atoms with Crippen molar-refractivity contribution < 1.29 is 9.53 Å². The normalized spacial score (nSPS) is 16.0. The quantitative estimate of drug-likeness (QED) is 0.300. The molecule has 1 aromatic heterocycles. The molecule has 1 saturated heterocycles. The Morgan fingerprint density at radius 3 is 2.55 bits per heavy atom. The highest BCUT2D eigenvalue weighted by Crippen LogP contribution is 2.36. The molecule has 2 heterocycles. The number of carbonyl (C=O) groups excluding carboxylic acids is 1. The third-order valence-corrected chi connectivity index (χ3v) is 6.43. The summed E-state index contributed by atoms with van der Waals surface area (Å²) < 4.78 is 8.13. The van der Waals surface area contributed by atoms with Crippen LogP contribution in [0.15, 0.2) is 78.9 Å². The molecule has 0 aliphatic carbocycles. The number of carbonyl (C=O) groups is 1. The standard InChI is InChI=1S/C27H26ClN3O2/c28-22-12-4-6-14-24(22)31-19-20(18-26(31)32)27-29-23-13-5-7-15-25(23)30(27)16-8-9-17-33-21-10-2-1-3-11-21/h1-7,10-15,20H,8-9,16-19H2/t20-/m1/s1. The van der Waals surface area contributed by atoms with Gasteiger partial charge in [-0.2, -0.15) is 0 Å². The molecule has 5 nitrogen and oxygen atoms in total. The molecule has 33 heavy (non-hydrogen) atoms. The molecular weight excluding hydrogens is 434 g/mol. The lowest BCUT2D eigenvalue weighted by Gasteiger charge is -2.18. The number of anilines is 1. The van der Waals surface area contributed by atoms with Crippen molar-refractivity contribution in [3.8, 4) is 5.75 Å². The van der Waals surface area contributed by atoms with Crippen LogP contribution in [-0.2, 0) is 11.3 Å². The Labute approximate surface area is 198 Å². The number of para-hydroxylation sites is 4. The van der Waals surface area contributed by atoms with Gasteiger partial charge in [-0.25, -0.2) is 4.98 Å². The molecule has 1 aliphatic heterocycles. The van der Waals surface area contributed by atoms with Crippen LogP contribution >= 0.6 is 11.6 Å². The van der Waals surface area contributed by atoms with E-state index in [1.807, 2.05) is 72.8 Å². The van der Waals surface area contributed by atoms with Gasteiger partial charge in [0.15, 0.2) is 0 Å². The van der Waals surface area contributed by atoms with Crippen molar-refractivity contribution in [1.29, 1.82) is 0 Å². The average molecular weight is 460 g/mol. The minimum Gasteiger partial charge on any atom is -0.494 e. The number of unbranched alkanes of at least 4 members (excludes halogenated alkanes) is 1. The lowest BCUT2D eigenvalue weighted by molar-refractivity contribution is -0.117. The van der Waals surface area contributed by atoms with Crippen molar-refractivity contribution in [2.24, 2.45) is 0 Å². The van der Waals surface area contributed by atoms with E-state index < -0.39 is 0 Å². The first-order valence-electron chi connectivity index (χ1n) is 11.4. The zero-order valence-corrected chi connectivity index (χ0v) is 19.1. The van der Waals surface area contributed by atoms with Crippen LogP contribution in [0.4, 0.5) is 5.69 Å². The van der Waals surface area contributed by atoms with Crippen molar-refractivity contribution in [2.75, 3.05) is 18.1 Å². The summed E-state index contributed by atoms with van der Waals surface area (Å²) in [5.74, 6) is 1.99.